The first-order valence-electron chi connectivity index (χ1n) is 5.08. The van der Waals surface area contributed by atoms with Crippen LogP contribution in [0.1, 0.15) is 25.5 Å². The van der Waals surface area contributed by atoms with Crippen LogP contribution < -0.4 is 5.32 Å². The maximum Gasteiger partial charge on any atom is 0.251 e. The molecule has 3 nitrogen and oxygen atoms in total. The number of carbonyl (C=O) groups excluding carboxylic acids is 1. The molecule has 1 aromatic rings. The van der Waals surface area contributed by atoms with Crippen LogP contribution in [0.25, 0.3) is 0 Å². The van der Waals surface area contributed by atoms with E-state index in [-0.39, 0.29) is 0 Å². The van der Waals surface area contributed by atoms with Crippen molar-refractivity contribution in [1.29, 1.82) is 0 Å². The van der Waals surface area contributed by atoms with Gasteiger partial charge in [0.15, 0.2) is 6.67 Å². The van der Waals surface area contributed by atoms with Crippen LogP contribution in [0.15, 0.2) is 30.3 Å². The molecule has 0 saturated heterocycles. The highest BCUT2D eigenvalue weighted by molar-refractivity contribution is 5.77. The third-order valence-corrected chi connectivity index (χ3v) is 2.27. The van der Waals surface area contributed by atoms with E-state index >= 15 is 0 Å². The van der Waals surface area contributed by atoms with Gasteiger partial charge < -0.3 is 10.4 Å². The molecule has 4 heteroatoms. The largest absolute Gasteiger partial charge is 0.388 e. The fourth-order valence-electron chi connectivity index (χ4n) is 1.51. The Morgan fingerprint density at radius 1 is 1.44 bits per heavy atom. The van der Waals surface area contributed by atoms with Crippen molar-refractivity contribution >= 4 is 5.91 Å². The number of hydrogen-bond donors (Lipinski definition) is 2. The van der Waals surface area contributed by atoms with E-state index in [0.29, 0.717) is 0 Å². The molecule has 0 spiro atoms. The van der Waals surface area contributed by atoms with Crippen molar-refractivity contribution in [1.82, 2.24) is 5.32 Å². The first kappa shape index (κ1) is 12.6. The number of carbonyl (C=O) groups is 1. The summed E-state index contributed by atoms with van der Waals surface area (Å²) in [6.45, 7) is 2.06. The number of alkyl halides is 1. The topological polar surface area (TPSA) is 49.3 Å². The summed E-state index contributed by atoms with van der Waals surface area (Å²) in [6, 6.07) is 8.38. The fourth-order valence-corrected chi connectivity index (χ4v) is 1.51. The van der Waals surface area contributed by atoms with Gasteiger partial charge in [0.1, 0.15) is 0 Å². The van der Waals surface area contributed by atoms with E-state index in [1.807, 2.05) is 6.07 Å². The summed E-state index contributed by atoms with van der Waals surface area (Å²) in [5.41, 5.74) is -0.400. The molecule has 1 rings (SSSR count). The molecule has 0 unspecified atom stereocenters. The quantitative estimate of drug-likeness (QED) is 0.817. The van der Waals surface area contributed by atoms with Gasteiger partial charge in [-0.15, -0.1) is 0 Å². The number of hydrogen-bond acceptors (Lipinski definition) is 2. The summed E-state index contributed by atoms with van der Waals surface area (Å²) in [6.07, 6.45) is 0. The first-order valence-corrected chi connectivity index (χ1v) is 5.08. The van der Waals surface area contributed by atoms with E-state index in [9.17, 15) is 14.3 Å². The van der Waals surface area contributed by atoms with Crippen LogP contribution in [-0.4, -0.2) is 23.3 Å². The molecular formula is C12H16FNO2. The number of benzene rings is 1. The van der Waals surface area contributed by atoms with Crippen LogP contribution >= 0.6 is 0 Å². The van der Waals surface area contributed by atoms with Gasteiger partial charge in [0.05, 0.1) is 11.6 Å². The van der Waals surface area contributed by atoms with E-state index in [0.717, 1.165) is 5.56 Å². The maximum atomic E-state index is 12.2. The summed E-state index contributed by atoms with van der Waals surface area (Å²) in [5, 5.41) is 12.4. The Balaban J connectivity index is 2.93. The monoisotopic (exact) mass is 225 g/mol. The van der Waals surface area contributed by atoms with E-state index in [4.69, 9.17) is 0 Å². The van der Waals surface area contributed by atoms with Gasteiger partial charge in [0.25, 0.3) is 5.91 Å². The molecule has 16 heavy (non-hydrogen) atoms. The maximum absolute atomic E-state index is 12.2. The molecule has 0 saturated carbocycles. The fraction of sp³-hybridized carbons (Fsp3) is 0.417. The standard InChI is InChI=1S/C12H16FNO2/c1-12(2,16)11(14-10(15)8-13)9-6-4-3-5-7-9/h3-7,11,16H,8H2,1-2H3,(H,14,15)/t11-/m1/s1. The summed E-state index contributed by atoms with van der Waals surface area (Å²) >= 11 is 0. The highest BCUT2D eigenvalue weighted by Crippen LogP contribution is 2.25. The molecular weight excluding hydrogens is 209 g/mol. The first-order chi connectivity index (χ1) is 7.45. The number of halogens is 1. The lowest BCUT2D eigenvalue weighted by Crippen LogP contribution is -2.42. The third kappa shape index (κ3) is 3.31. The van der Waals surface area contributed by atoms with Gasteiger partial charge in [-0.1, -0.05) is 30.3 Å². The predicted octanol–water partition coefficient (Wildman–Crippen LogP) is 1.58. The zero-order valence-corrected chi connectivity index (χ0v) is 9.40. The highest BCUT2D eigenvalue weighted by Gasteiger charge is 2.29. The number of nitrogens with one attached hydrogen (secondary N) is 1. The number of aliphatic hydroxyl groups is 1. The number of amides is 1. The van der Waals surface area contributed by atoms with Gasteiger partial charge in [0.2, 0.25) is 0 Å². The van der Waals surface area contributed by atoms with Crippen molar-refractivity contribution in [2.24, 2.45) is 0 Å². The van der Waals surface area contributed by atoms with Crippen molar-refractivity contribution in [2.45, 2.75) is 25.5 Å². The molecule has 2 N–H and O–H groups in total. The Kier molecular flexibility index (Phi) is 4.01. The van der Waals surface area contributed by atoms with E-state index in [1.165, 1.54) is 0 Å². The minimum atomic E-state index is -1.15. The minimum absolute atomic E-state index is 0.614. The van der Waals surface area contributed by atoms with Gasteiger partial charge >= 0.3 is 0 Å². The molecule has 1 amide bonds. The number of rotatable bonds is 4. The van der Waals surface area contributed by atoms with Gasteiger partial charge in [0, 0.05) is 0 Å². The second-order valence-electron chi connectivity index (χ2n) is 4.20. The summed E-state index contributed by atoms with van der Waals surface area (Å²) in [5.74, 6) is -0.726. The van der Waals surface area contributed by atoms with Crippen LogP contribution in [0.4, 0.5) is 4.39 Å². The Morgan fingerprint density at radius 3 is 2.44 bits per heavy atom. The lowest BCUT2D eigenvalue weighted by Gasteiger charge is -2.30. The Hall–Kier alpha value is -1.42. The lowest BCUT2D eigenvalue weighted by molar-refractivity contribution is -0.124. The van der Waals surface area contributed by atoms with Crippen molar-refractivity contribution in [2.75, 3.05) is 6.67 Å². The zero-order valence-electron chi connectivity index (χ0n) is 9.40. The predicted molar refractivity (Wildman–Crippen MR) is 59.6 cm³/mol. The SMILES string of the molecule is CC(C)(O)[C@H](NC(=O)CF)c1ccccc1. The second kappa shape index (κ2) is 5.07. The highest BCUT2D eigenvalue weighted by atomic mass is 19.1. The van der Waals surface area contributed by atoms with Crippen molar-refractivity contribution in [3.63, 3.8) is 0 Å². The molecule has 0 aliphatic carbocycles. The normalized spacial score (nSPS) is 13.2. The van der Waals surface area contributed by atoms with Crippen LogP contribution in [0.2, 0.25) is 0 Å². The molecule has 0 aliphatic rings. The van der Waals surface area contributed by atoms with Crippen molar-refractivity contribution in [3.05, 3.63) is 35.9 Å². The van der Waals surface area contributed by atoms with E-state index in [2.05, 4.69) is 5.32 Å². The van der Waals surface area contributed by atoms with Crippen molar-refractivity contribution < 1.29 is 14.3 Å². The molecule has 1 atom stereocenters. The lowest BCUT2D eigenvalue weighted by atomic mass is 9.92. The van der Waals surface area contributed by atoms with Crippen molar-refractivity contribution in [3.8, 4) is 0 Å². The molecule has 88 valence electrons. The molecule has 0 radical (unpaired) electrons. The molecule has 0 fully saturated rings. The Morgan fingerprint density at radius 2 is 2.00 bits per heavy atom. The van der Waals surface area contributed by atoms with Gasteiger partial charge in [-0.25, -0.2) is 4.39 Å². The van der Waals surface area contributed by atoms with Crippen LogP contribution in [0.5, 0.6) is 0 Å². The molecule has 1 aromatic carbocycles. The third-order valence-electron chi connectivity index (χ3n) is 2.27. The average Bonchev–Trinajstić information content (AvgIpc) is 2.25. The minimum Gasteiger partial charge on any atom is -0.388 e. The molecule has 0 aromatic heterocycles. The van der Waals surface area contributed by atoms with Crippen LogP contribution in [-0.2, 0) is 4.79 Å². The second-order valence-corrected chi connectivity index (χ2v) is 4.20. The van der Waals surface area contributed by atoms with Gasteiger partial charge in [-0.05, 0) is 19.4 Å². The van der Waals surface area contributed by atoms with Gasteiger partial charge in [-0.3, -0.25) is 4.79 Å². The average molecular weight is 225 g/mol. The van der Waals surface area contributed by atoms with E-state index < -0.39 is 24.2 Å². The van der Waals surface area contributed by atoms with Crippen LogP contribution in [0.3, 0.4) is 0 Å². The smallest absolute Gasteiger partial charge is 0.251 e. The van der Waals surface area contributed by atoms with Crippen LogP contribution in [0, 0.1) is 0 Å². The molecule has 0 bridgehead atoms. The Bertz CT molecular complexity index is 346. The summed E-state index contributed by atoms with van der Waals surface area (Å²) in [4.78, 5) is 11.0. The van der Waals surface area contributed by atoms with Gasteiger partial charge in [-0.2, -0.15) is 0 Å². The zero-order chi connectivity index (χ0) is 12.2. The molecule has 0 aliphatic heterocycles. The summed E-state index contributed by atoms with van der Waals surface area (Å²) in [7, 11) is 0. The van der Waals surface area contributed by atoms with E-state index in [1.54, 1.807) is 38.1 Å². The Labute approximate surface area is 94.3 Å². The molecule has 0 heterocycles. The summed E-state index contributed by atoms with van der Waals surface area (Å²) < 4.78 is 12.2.